The number of rotatable bonds is 2. The molecule has 0 radical (unpaired) electrons. The van der Waals surface area contributed by atoms with Gasteiger partial charge < -0.3 is 0 Å². The van der Waals surface area contributed by atoms with E-state index in [1.54, 1.807) is 4.31 Å². The Morgan fingerprint density at radius 1 is 1.25 bits per heavy atom. The first kappa shape index (κ1) is 13.9. The molecule has 106 valence electrons. The van der Waals surface area contributed by atoms with Crippen LogP contribution in [-0.2, 0) is 10.0 Å². The van der Waals surface area contributed by atoms with E-state index in [4.69, 9.17) is 16.9 Å². The molecule has 1 aromatic rings. The molecule has 0 spiro atoms. The quantitative estimate of drug-likeness (QED) is 0.843. The molecule has 0 amide bonds. The lowest BCUT2D eigenvalue weighted by molar-refractivity contribution is 0.445. The lowest BCUT2D eigenvalue weighted by Gasteiger charge is -2.18. The van der Waals surface area contributed by atoms with E-state index < -0.39 is 10.0 Å². The van der Waals surface area contributed by atoms with Crippen LogP contribution < -0.4 is 0 Å². The van der Waals surface area contributed by atoms with Gasteiger partial charge in [0.2, 0.25) is 10.0 Å². The van der Waals surface area contributed by atoms with E-state index in [-0.39, 0.29) is 9.92 Å². The third-order valence-electron chi connectivity index (χ3n) is 4.37. The second kappa shape index (κ2) is 5.03. The molecule has 1 aliphatic heterocycles. The Morgan fingerprint density at radius 3 is 2.45 bits per heavy atom. The third-order valence-corrected chi connectivity index (χ3v) is 6.69. The first-order valence-electron chi connectivity index (χ1n) is 6.72. The van der Waals surface area contributed by atoms with Crippen LogP contribution in [0.3, 0.4) is 0 Å². The lowest BCUT2D eigenvalue weighted by atomic mass is 10.0. The smallest absolute Gasteiger partial charge is 0.207 e. The molecule has 2 aliphatic rings. The number of benzene rings is 1. The van der Waals surface area contributed by atoms with Gasteiger partial charge in [-0.05, 0) is 42.9 Å². The maximum Gasteiger partial charge on any atom is 0.244 e. The van der Waals surface area contributed by atoms with Crippen molar-refractivity contribution in [2.45, 2.75) is 24.2 Å². The van der Waals surface area contributed by atoms with Crippen LogP contribution in [-0.4, -0.2) is 25.8 Å². The molecule has 2 atom stereocenters. The third kappa shape index (κ3) is 2.22. The second-order valence-corrected chi connectivity index (χ2v) is 7.84. The Kier molecular flexibility index (Phi) is 3.49. The number of halogens is 1. The van der Waals surface area contributed by atoms with Gasteiger partial charge in [0.25, 0.3) is 0 Å². The van der Waals surface area contributed by atoms with E-state index in [1.807, 2.05) is 6.07 Å². The van der Waals surface area contributed by atoms with Crippen LogP contribution in [0.4, 0.5) is 0 Å². The van der Waals surface area contributed by atoms with E-state index in [1.165, 1.54) is 24.6 Å². The van der Waals surface area contributed by atoms with Gasteiger partial charge in [-0.15, -0.1) is 0 Å². The van der Waals surface area contributed by atoms with Gasteiger partial charge >= 0.3 is 0 Å². The number of nitriles is 1. The molecule has 0 N–H and O–H groups in total. The predicted octanol–water partition coefficient (Wildman–Crippen LogP) is 2.63. The monoisotopic (exact) mass is 310 g/mol. The Hall–Kier alpha value is -1.09. The van der Waals surface area contributed by atoms with Crippen LogP contribution in [0.1, 0.15) is 24.8 Å². The van der Waals surface area contributed by atoms with Crippen molar-refractivity contribution < 1.29 is 8.42 Å². The number of hydrogen-bond acceptors (Lipinski definition) is 3. The van der Waals surface area contributed by atoms with Gasteiger partial charge in [0.05, 0.1) is 16.7 Å². The van der Waals surface area contributed by atoms with Crippen LogP contribution in [0.2, 0.25) is 5.02 Å². The Labute approximate surface area is 124 Å². The molecular weight excluding hydrogens is 296 g/mol. The Bertz CT molecular complexity index is 669. The predicted molar refractivity (Wildman–Crippen MR) is 75.8 cm³/mol. The molecule has 20 heavy (non-hydrogen) atoms. The van der Waals surface area contributed by atoms with Crippen molar-refractivity contribution in [3.8, 4) is 6.07 Å². The number of nitrogens with zero attached hydrogens (tertiary/aromatic N) is 2. The molecule has 3 rings (SSSR count). The number of hydrogen-bond donors (Lipinski definition) is 0. The normalized spacial score (nSPS) is 26.4. The fourth-order valence-corrected chi connectivity index (χ4v) is 5.38. The number of sulfonamides is 1. The highest BCUT2D eigenvalue weighted by molar-refractivity contribution is 7.89. The molecule has 0 bridgehead atoms. The average molecular weight is 311 g/mol. The SMILES string of the molecule is N#Cc1ccc(S(=O)(=O)N2CC3CCCC3C2)c(Cl)c1. The zero-order valence-corrected chi connectivity index (χ0v) is 12.5. The van der Waals surface area contributed by atoms with Crippen molar-refractivity contribution in [3.63, 3.8) is 0 Å². The van der Waals surface area contributed by atoms with Gasteiger partial charge in [0, 0.05) is 13.1 Å². The summed E-state index contributed by atoms with van der Waals surface area (Å²) in [5.74, 6) is 1.00. The van der Waals surface area contributed by atoms with Crippen LogP contribution in [0, 0.1) is 23.2 Å². The molecule has 1 aromatic carbocycles. The summed E-state index contributed by atoms with van der Waals surface area (Å²) in [6.45, 7) is 1.20. The molecule has 1 heterocycles. The molecule has 1 saturated heterocycles. The maximum absolute atomic E-state index is 12.6. The van der Waals surface area contributed by atoms with Gasteiger partial charge in [-0.3, -0.25) is 0 Å². The minimum Gasteiger partial charge on any atom is -0.207 e. The van der Waals surface area contributed by atoms with Crippen LogP contribution >= 0.6 is 11.6 Å². The van der Waals surface area contributed by atoms with Crippen LogP contribution in [0.25, 0.3) is 0 Å². The number of fused-ring (bicyclic) bond motifs is 1. The summed E-state index contributed by atoms with van der Waals surface area (Å²) in [6.07, 6.45) is 3.45. The molecule has 6 heteroatoms. The molecule has 4 nitrogen and oxygen atoms in total. The van der Waals surface area contributed by atoms with Crippen LogP contribution in [0.15, 0.2) is 23.1 Å². The summed E-state index contributed by atoms with van der Waals surface area (Å²) in [7, 11) is -3.54. The Balaban J connectivity index is 1.91. The minimum absolute atomic E-state index is 0.109. The Morgan fingerprint density at radius 2 is 1.90 bits per heavy atom. The summed E-state index contributed by atoms with van der Waals surface area (Å²) in [5, 5.41) is 8.93. The summed E-state index contributed by atoms with van der Waals surface area (Å²) in [6, 6.07) is 6.29. The summed E-state index contributed by atoms with van der Waals surface area (Å²) >= 11 is 6.03. The molecule has 1 saturated carbocycles. The molecule has 2 unspecified atom stereocenters. The maximum atomic E-state index is 12.6. The first-order chi connectivity index (χ1) is 9.52. The zero-order chi connectivity index (χ0) is 14.3. The largest absolute Gasteiger partial charge is 0.244 e. The van der Waals surface area contributed by atoms with Gasteiger partial charge in [-0.25, -0.2) is 8.42 Å². The van der Waals surface area contributed by atoms with Gasteiger partial charge in [0.1, 0.15) is 4.90 Å². The fraction of sp³-hybridized carbons (Fsp3) is 0.500. The van der Waals surface area contributed by atoms with E-state index >= 15 is 0 Å². The summed E-state index contributed by atoms with van der Waals surface area (Å²) in [5.41, 5.74) is 0.368. The average Bonchev–Trinajstić information content (AvgIpc) is 2.99. The van der Waals surface area contributed by atoms with Crippen molar-refractivity contribution in [2.24, 2.45) is 11.8 Å². The van der Waals surface area contributed by atoms with Crippen molar-refractivity contribution in [1.29, 1.82) is 5.26 Å². The van der Waals surface area contributed by atoms with E-state index in [0.717, 1.165) is 12.8 Å². The van der Waals surface area contributed by atoms with Crippen molar-refractivity contribution >= 4 is 21.6 Å². The fourth-order valence-electron chi connectivity index (χ4n) is 3.31. The van der Waals surface area contributed by atoms with E-state index in [0.29, 0.717) is 30.5 Å². The highest BCUT2D eigenvalue weighted by Gasteiger charge is 2.41. The van der Waals surface area contributed by atoms with E-state index in [9.17, 15) is 8.42 Å². The standard InChI is InChI=1S/C14H15ClN2O2S/c15-13-6-10(7-16)4-5-14(13)20(18,19)17-8-11-2-1-3-12(11)9-17/h4-6,11-12H,1-3,8-9H2. The highest BCUT2D eigenvalue weighted by atomic mass is 35.5. The lowest BCUT2D eigenvalue weighted by Crippen LogP contribution is -2.29. The molecule has 1 aliphatic carbocycles. The summed E-state index contributed by atoms with van der Waals surface area (Å²) in [4.78, 5) is 0.109. The topological polar surface area (TPSA) is 61.2 Å². The summed E-state index contributed by atoms with van der Waals surface area (Å²) < 4.78 is 26.8. The van der Waals surface area contributed by atoms with Gasteiger partial charge in [-0.1, -0.05) is 18.0 Å². The van der Waals surface area contributed by atoms with Crippen molar-refractivity contribution in [1.82, 2.24) is 4.31 Å². The highest BCUT2D eigenvalue weighted by Crippen LogP contribution is 2.40. The van der Waals surface area contributed by atoms with Crippen molar-refractivity contribution in [2.75, 3.05) is 13.1 Å². The zero-order valence-electron chi connectivity index (χ0n) is 10.9. The van der Waals surface area contributed by atoms with Gasteiger partial charge in [-0.2, -0.15) is 9.57 Å². The first-order valence-corrected chi connectivity index (χ1v) is 8.54. The van der Waals surface area contributed by atoms with E-state index in [2.05, 4.69) is 0 Å². The van der Waals surface area contributed by atoms with Crippen LogP contribution in [0.5, 0.6) is 0 Å². The molecular formula is C14H15ClN2O2S. The molecule has 2 fully saturated rings. The second-order valence-electron chi connectivity index (χ2n) is 5.53. The minimum atomic E-state index is -3.54. The van der Waals surface area contributed by atoms with Crippen molar-refractivity contribution in [3.05, 3.63) is 28.8 Å². The molecule has 0 aromatic heterocycles. The van der Waals surface area contributed by atoms with Gasteiger partial charge in [0.15, 0.2) is 0 Å².